The fourth-order valence-corrected chi connectivity index (χ4v) is 5.78. The van der Waals surface area contributed by atoms with E-state index in [1.807, 2.05) is 17.4 Å². The number of hydrogen-bond donors (Lipinski definition) is 0. The Morgan fingerprint density at radius 3 is 2.15 bits per heavy atom. The topological polar surface area (TPSA) is 3.24 Å². The molecule has 0 spiro atoms. The zero-order valence-corrected chi connectivity index (χ0v) is 19.6. The lowest BCUT2D eigenvalue weighted by Crippen LogP contribution is -2.13. The van der Waals surface area contributed by atoms with Gasteiger partial charge in [-0.05, 0) is 64.4 Å². The van der Waals surface area contributed by atoms with E-state index in [1.54, 1.807) is 0 Å². The van der Waals surface area contributed by atoms with Crippen LogP contribution in [0.15, 0.2) is 134 Å². The molecule has 2 heteroatoms. The SMILES string of the molecule is C=CC(=C)N(c1ccc(-c2cccc3ccccc23)cc1)c1ccc2sc3ccccc3c2c1. The molecule has 0 unspecified atom stereocenters. The average molecular weight is 454 g/mol. The van der Waals surface area contributed by atoms with Crippen molar-refractivity contribution in [3.63, 3.8) is 0 Å². The van der Waals surface area contributed by atoms with Gasteiger partial charge in [0.25, 0.3) is 0 Å². The van der Waals surface area contributed by atoms with Crippen LogP contribution in [0.3, 0.4) is 0 Å². The fraction of sp³-hybridized carbons (Fsp3) is 0. The predicted octanol–water partition coefficient (Wildman–Crippen LogP) is 9.71. The molecule has 6 aromatic rings. The molecular weight excluding hydrogens is 430 g/mol. The van der Waals surface area contributed by atoms with Crippen LogP contribution >= 0.6 is 11.3 Å². The van der Waals surface area contributed by atoms with Crippen LogP contribution in [0.25, 0.3) is 42.1 Å². The molecule has 34 heavy (non-hydrogen) atoms. The molecule has 5 aromatic carbocycles. The Morgan fingerprint density at radius 2 is 1.32 bits per heavy atom. The molecule has 0 aliphatic carbocycles. The quantitative estimate of drug-likeness (QED) is 0.235. The van der Waals surface area contributed by atoms with Crippen molar-refractivity contribution in [2.75, 3.05) is 4.90 Å². The molecule has 0 bridgehead atoms. The standard InChI is InChI=1S/C32H23NS/c1-3-22(2)33(26-19-20-32-30(21-26)29-12-6-7-14-31(29)34-32)25-17-15-24(16-18-25)28-13-8-10-23-9-4-5-11-27(23)28/h3-21H,1-2H2. The Kier molecular flexibility index (Phi) is 5.01. The molecule has 0 fully saturated rings. The first-order chi connectivity index (χ1) is 16.7. The van der Waals surface area contributed by atoms with Gasteiger partial charge in [-0.3, -0.25) is 0 Å². The number of nitrogens with zero attached hydrogens (tertiary/aromatic N) is 1. The lowest BCUT2D eigenvalue weighted by molar-refractivity contribution is 1.23. The van der Waals surface area contributed by atoms with Crippen molar-refractivity contribution in [1.29, 1.82) is 0 Å². The van der Waals surface area contributed by atoms with Crippen LogP contribution in [0.1, 0.15) is 0 Å². The lowest BCUT2D eigenvalue weighted by Gasteiger charge is -2.26. The molecule has 1 heterocycles. The van der Waals surface area contributed by atoms with E-state index in [0.29, 0.717) is 0 Å². The Labute approximate surface area is 203 Å². The van der Waals surface area contributed by atoms with Crippen molar-refractivity contribution in [3.8, 4) is 11.1 Å². The highest BCUT2D eigenvalue weighted by Gasteiger charge is 2.14. The van der Waals surface area contributed by atoms with Crippen LogP contribution in [0.5, 0.6) is 0 Å². The van der Waals surface area contributed by atoms with Crippen LogP contribution in [0, 0.1) is 0 Å². The van der Waals surface area contributed by atoms with Crippen LogP contribution < -0.4 is 4.90 Å². The molecule has 0 saturated heterocycles. The van der Waals surface area contributed by atoms with Gasteiger partial charge in [-0.15, -0.1) is 11.3 Å². The second kappa shape index (κ2) is 8.33. The third-order valence-electron chi connectivity index (χ3n) is 6.37. The van der Waals surface area contributed by atoms with Gasteiger partial charge >= 0.3 is 0 Å². The molecule has 6 rings (SSSR count). The Balaban J connectivity index is 1.45. The monoisotopic (exact) mass is 453 g/mol. The second-order valence-electron chi connectivity index (χ2n) is 8.38. The van der Waals surface area contributed by atoms with Gasteiger partial charge in [-0.1, -0.05) is 86.0 Å². The van der Waals surface area contributed by atoms with Crippen molar-refractivity contribution in [2.45, 2.75) is 0 Å². The molecule has 0 N–H and O–H groups in total. The first kappa shape index (κ1) is 20.5. The van der Waals surface area contributed by atoms with Gasteiger partial charge in [0.1, 0.15) is 0 Å². The number of fused-ring (bicyclic) bond motifs is 4. The van der Waals surface area contributed by atoms with Gasteiger partial charge < -0.3 is 4.90 Å². The summed E-state index contributed by atoms with van der Waals surface area (Å²) in [6, 6.07) is 39.0. The van der Waals surface area contributed by atoms with E-state index in [2.05, 4.69) is 127 Å². The highest BCUT2D eigenvalue weighted by atomic mass is 32.1. The van der Waals surface area contributed by atoms with Gasteiger partial charge in [-0.2, -0.15) is 0 Å². The molecule has 162 valence electrons. The maximum Gasteiger partial charge on any atom is 0.0468 e. The molecule has 1 nitrogen and oxygen atoms in total. The summed E-state index contributed by atoms with van der Waals surface area (Å²) >= 11 is 1.83. The van der Waals surface area contributed by atoms with Crippen LogP contribution in [0.4, 0.5) is 11.4 Å². The first-order valence-corrected chi connectivity index (χ1v) is 12.2. The first-order valence-electron chi connectivity index (χ1n) is 11.3. The van der Waals surface area contributed by atoms with Crippen molar-refractivity contribution < 1.29 is 0 Å². The van der Waals surface area contributed by atoms with Crippen molar-refractivity contribution in [3.05, 3.63) is 134 Å². The molecular formula is C32H23NS. The lowest BCUT2D eigenvalue weighted by atomic mass is 9.98. The van der Waals surface area contributed by atoms with E-state index < -0.39 is 0 Å². The van der Waals surface area contributed by atoms with Gasteiger partial charge in [0.05, 0.1) is 0 Å². The Hall–Kier alpha value is -4.14. The Morgan fingerprint density at radius 1 is 0.647 bits per heavy atom. The second-order valence-corrected chi connectivity index (χ2v) is 9.47. The molecule has 0 aliphatic heterocycles. The van der Waals surface area contributed by atoms with E-state index in [4.69, 9.17) is 0 Å². The number of thiophene rings is 1. The third-order valence-corrected chi connectivity index (χ3v) is 7.52. The van der Waals surface area contributed by atoms with E-state index in [1.165, 1.54) is 42.1 Å². The van der Waals surface area contributed by atoms with E-state index in [9.17, 15) is 0 Å². The minimum atomic E-state index is 0.844. The average Bonchev–Trinajstić information content (AvgIpc) is 3.27. The molecule has 0 amide bonds. The maximum atomic E-state index is 4.29. The zero-order chi connectivity index (χ0) is 23.1. The molecule has 0 saturated carbocycles. The van der Waals surface area contributed by atoms with Crippen LogP contribution in [-0.2, 0) is 0 Å². The van der Waals surface area contributed by atoms with E-state index >= 15 is 0 Å². The van der Waals surface area contributed by atoms with E-state index in [-0.39, 0.29) is 0 Å². The zero-order valence-electron chi connectivity index (χ0n) is 18.7. The summed E-state index contributed by atoms with van der Waals surface area (Å²) in [5.74, 6) is 0. The van der Waals surface area contributed by atoms with Crippen LogP contribution in [-0.4, -0.2) is 0 Å². The maximum absolute atomic E-state index is 4.29. The minimum Gasteiger partial charge on any atom is -0.311 e. The normalized spacial score (nSPS) is 11.2. The predicted molar refractivity (Wildman–Crippen MR) is 150 cm³/mol. The summed E-state index contributed by atoms with van der Waals surface area (Å²) in [7, 11) is 0. The van der Waals surface area contributed by atoms with Gasteiger partial charge in [0, 0.05) is 37.2 Å². The summed E-state index contributed by atoms with van der Waals surface area (Å²) in [4.78, 5) is 2.17. The molecule has 0 radical (unpaired) electrons. The van der Waals surface area contributed by atoms with Gasteiger partial charge in [-0.25, -0.2) is 0 Å². The third kappa shape index (κ3) is 3.40. The summed E-state index contributed by atoms with van der Waals surface area (Å²) in [6.45, 7) is 8.28. The van der Waals surface area contributed by atoms with Crippen molar-refractivity contribution >= 4 is 53.7 Å². The number of hydrogen-bond acceptors (Lipinski definition) is 2. The van der Waals surface area contributed by atoms with Crippen molar-refractivity contribution in [1.82, 2.24) is 0 Å². The molecule has 0 atom stereocenters. The van der Waals surface area contributed by atoms with Crippen LogP contribution in [0.2, 0.25) is 0 Å². The summed E-state index contributed by atoms with van der Waals surface area (Å²) in [5, 5.41) is 5.08. The molecule has 1 aromatic heterocycles. The molecule has 0 aliphatic rings. The smallest absolute Gasteiger partial charge is 0.0468 e. The minimum absolute atomic E-state index is 0.844. The number of anilines is 2. The fourth-order valence-electron chi connectivity index (χ4n) is 4.69. The van der Waals surface area contributed by atoms with E-state index in [0.717, 1.165) is 17.1 Å². The van der Waals surface area contributed by atoms with Gasteiger partial charge in [0.15, 0.2) is 0 Å². The Bertz CT molecular complexity index is 1680. The highest BCUT2D eigenvalue weighted by molar-refractivity contribution is 7.25. The number of rotatable bonds is 5. The largest absolute Gasteiger partial charge is 0.311 e. The number of allylic oxidation sites excluding steroid dienone is 1. The number of benzene rings is 5. The highest BCUT2D eigenvalue weighted by Crippen LogP contribution is 2.39. The van der Waals surface area contributed by atoms with Crippen molar-refractivity contribution in [2.24, 2.45) is 0 Å². The van der Waals surface area contributed by atoms with Gasteiger partial charge in [0.2, 0.25) is 0 Å². The summed E-state index contributed by atoms with van der Waals surface area (Å²) in [6.07, 6.45) is 1.81. The summed E-state index contributed by atoms with van der Waals surface area (Å²) in [5.41, 5.74) is 5.43. The summed E-state index contributed by atoms with van der Waals surface area (Å²) < 4.78 is 2.60.